The first-order chi connectivity index (χ1) is 13.1. The molecule has 0 aliphatic carbocycles. The van der Waals surface area contributed by atoms with Crippen LogP contribution in [0.4, 0.5) is 5.69 Å². The molecule has 1 atom stereocenters. The Morgan fingerprint density at radius 3 is 2.70 bits per heavy atom. The molecule has 0 radical (unpaired) electrons. The van der Waals surface area contributed by atoms with E-state index < -0.39 is 6.04 Å². The van der Waals surface area contributed by atoms with Crippen molar-refractivity contribution < 1.29 is 4.79 Å². The summed E-state index contributed by atoms with van der Waals surface area (Å²) in [5.74, 6) is 0.267. The minimum absolute atomic E-state index is 0.223. The Balaban J connectivity index is 1.55. The monoisotopic (exact) mass is 358 g/mol. The van der Waals surface area contributed by atoms with Gasteiger partial charge in [0.1, 0.15) is 6.04 Å². The molecule has 27 heavy (non-hydrogen) atoms. The quantitative estimate of drug-likeness (QED) is 0.604. The zero-order valence-electron chi connectivity index (χ0n) is 15.0. The first kappa shape index (κ1) is 16.8. The fraction of sp³-hybridized carbons (Fsp3) is 0.150. The molecule has 0 spiro atoms. The Labute approximate surface area is 156 Å². The van der Waals surface area contributed by atoms with E-state index in [4.69, 9.17) is 0 Å². The summed E-state index contributed by atoms with van der Waals surface area (Å²) < 4.78 is 0. The number of nitrogens with zero attached hydrogens (tertiary/aromatic N) is 5. The molecule has 4 rings (SSSR count). The maximum absolute atomic E-state index is 12.7. The van der Waals surface area contributed by atoms with Crippen LogP contribution in [0.2, 0.25) is 0 Å². The maximum atomic E-state index is 12.7. The number of amides is 1. The molecule has 2 aromatic carbocycles. The lowest BCUT2D eigenvalue weighted by molar-refractivity contribution is -0.119. The number of benzene rings is 2. The predicted octanol–water partition coefficient (Wildman–Crippen LogP) is 3.40. The van der Waals surface area contributed by atoms with Crippen molar-refractivity contribution in [2.45, 2.75) is 19.9 Å². The average Bonchev–Trinajstić information content (AvgIpc) is 3.18. The number of fused-ring (bicyclic) bond motifs is 1. The van der Waals surface area contributed by atoms with E-state index in [9.17, 15) is 4.79 Å². The average molecular weight is 358 g/mol. The highest BCUT2D eigenvalue weighted by molar-refractivity contribution is 6.02. The number of rotatable bonds is 4. The van der Waals surface area contributed by atoms with Crippen molar-refractivity contribution in [2.75, 3.05) is 5.32 Å². The molecular formula is C20H18N6O. The van der Waals surface area contributed by atoms with Gasteiger partial charge in [-0.3, -0.25) is 9.78 Å². The third kappa shape index (κ3) is 3.39. The van der Waals surface area contributed by atoms with Crippen molar-refractivity contribution >= 4 is 22.5 Å². The van der Waals surface area contributed by atoms with Gasteiger partial charge >= 0.3 is 0 Å². The Morgan fingerprint density at radius 1 is 1.07 bits per heavy atom. The van der Waals surface area contributed by atoms with Crippen LogP contribution in [0.15, 0.2) is 60.8 Å². The molecule has 0 saturated carbocycles. The summed E-state index contributed by atoms with van der Waals surface area (Å²) in [5.41, 5.74) is 3.54. The first-order valence-electron chi connectivity index (χ1n) is 8.63. The van der Waals surface area contributed by atoms with Gasteiger partial charge in [-0.05, 0) is 43.3 Å². The van der Waals surface area contributed by atoms with Crippen LogP contribution in [0.1, 0.15) is 18.5 Å². The van der Waals surface area contributed by atoms with Crippen molar-refractivity contribution in [1.29, 1.82) is 0 Å². The van der Waals surface area contributed by atoms with E-state index in [-0.39, 0.29) is 5.91 Å². The minimum atomic E-state index is -0.608. The number of carbonyl (C=O) groups is 1. The van der Waals surface area contributed by atoms with E-state index in [1.165, 1.54) is 4.80 Å². The fourth-order valence-corrected chi connectivity index (χ4v) is 2.76. The van der Waals surface area contributed by atoms with Crippen LogP contribution in [-0.2, 0) is 4.79 Å². The van der Waals surface area contributed by atoms with Crippen molar-refractivity contribution in [3.63, 3.8) is 0 Å². The van der Waals surface area contributed by atoms with Crippen LogP contribution >= 0.6 is 0 Å². The van der Waals surface area contributed by atoms with Gasteiger partial charge in [0.15, 0.2) is 0 Å². The molecule has 0 aliphatic rings. The molecule has 0 saturated heterocycles. The molecule has 7 nitrogen and oxygen atoms in total. The summed E-state index contributed by atoms with van der Waals surface area (Å²) in [6, 6.07) is 16.6. The summed E-state index contributed by atoms with van der Waals surface area (Å²) >= 11 is 0. The highest BCUT2D eigenvalue weighted by Gasteiger charge is 2.19. The van der Waals surface area contributed by atoms with Crippen LogP contribution in [0.5, 0.6) is 0 Å². The Hall–Kier alpha value is -3.61. The molecule has 134 valence electrons. The van der Waals surface area contributed by atoms with E-state index in [1.54, 1.807) is 13.1 Å². The van der Waals surface area contributed by atoms with Gasteiger partial charge in [-0.2, -0.15) is 4.80 Å². The van der Waals surface area contributed by atoms with E-state index in [0.29, 0.717) is 11.5 Å². The highest BCUT2D eigenvalue weighted by atomic mass is 16.2. The molecule has 2 aromatic heterocycles. The van der Waals surface area contributed by atoms with E-state index in [0.717, 1.165) is 22.0 Å². The number of aromatic nitrogens is 5. The Kier molecular flexibility index (Phi) is 4.33. The molecule has 1 unspecified atom stereocenters. The summed E-state index contributed by atoms with van der Waals surface area (Å²) in [7, 11) is 0. The van der Waals surface area contributed by atoms with Crippen molar-refractivity contribution in [1.82, 2.24) is 25.2 Å². The largest absolute Gasteiger partial charge is 0.324 e. The van der Waals surface area contributed by atoms with Gasteiger partial charge in [-0.1, -0.05) is 35.9 Å². The number of tetrazole rings is 1. The molecule has 0 bridgehead atoms. The third-order valence-electron chi connectivity index (χ3n) is 4.37. The SMILES string of the molecule is Cc1ccc(-c2nnn(C(C)C(=O)Nc3cccc4ncccc34)n2)cc1. The molecular weight excluding hydrogens is 340 g/mol. The number of pyridine rings is 1. The topological polar surface area (TPSA) is 85.6 Å². The van der Waals surface area contributed by atoms with E-state index >= 15 is 0 Å². The summed E-state index contributed by atoms with van der Waals surface area (Å²) in [5, 5.41) is 16.3. The Morgan fingerprint density at radius 2 is 1.89 bits per heavy atom. The number of carbonyl (C=O) groups excluding carboxylic acids is 1. The van der Waals surface area contributed by atoms with Crippen LogP contribution in [0, 0.1) is 6.92 Å². The Bertz CT molecular complexity index is 1100. The number of hydrogen-bond acceptors (Lipinski definition) is 5. The fourth-order valence-electron chi connectivity index (χ4n) is 2.76. The molecule has 4 aromatic rings. The van der Waals surface area contributed by atoms with Crippen LogP contribution in [0.3, 0.4) is 0 Å². The van der Waals surface area contributed by atoms with Gasteiger partial charge in [0.05, 0.1) is 11.2 Å². The molecule has 2 heterocycles. The summed E-state index contributed by atoms with van der Waals surface area (Å²) in [6.45, 7) is 3.75. The lowest BCUT2D eigenvalue weighted by Gasteiger charge is -2.12. The van der Waals surface area contributed by atoms with Gasteiger partial charge in [0.2, 0.25) is 5.82 Å². The second-order valence-electron chi connectivity index (χ2n) is 6.34. The molecule has 0 aliphatic heterocycles. The molecule has 1 N–H and O–H groups in total. The van der Waals surface area contributed by atoms with Crippen LogP contribution in [0.25, 0.3) is 22.3 Å². The molecule has 0 fully saturated rings. The maximum Gasteiger partial charge on any atom is 0.250 e. The van der Waals surface area contributed by atoms with Gasteiger partial charge < -0.3 is 5.32 Å². The van der Waals surface area contributed by atoms with Crippen molar-refractivity contribution in [3.8, 4) is 11.4 Å². The second-order valence-corrected chi connectivity index (χ2v) is 6.34. The number of nitrogens with one attached hydrogen (secondary N) is 1. The zero-order valence-corrected chi connectivity index (χ0v) is 15.0. The lowest BCUT2D eigenvalue weighted by Crippen LogP contribution is -2.25. The summed E-state index contributed by atoms with van der Waals surface area (Å²) in [4.78, 5) is 18.3. The normalized spacial score (nSPS) is 12.1. The van der Waals surface area contributed by atoms with Crippen LogP contribution < -0.4 is 5.32 Å². The van der Waals surface area contributed by atoms with E-state index in [2.05, 4.69) is 25.7 Å². The molecule has 1 amide bonds. The smallest absolute Gasteiger partial charge is 0.250 e. The minimum Gasteiger partial charge on any atom is -0.324 e. The zero-order chi connectivity index (χ0) is 18.8. The number of anilines is 1. The highest BCUT2D eigenvalue weighted by Crippen LogP contribution is 2.22. The van der Waals surface area contributed by atoms with Gasteiger partial charge in [0.25, 0.3) is 5.91 Å². The number of hydrogen-bond donors (Lipinski definition) is 1. The van der Waals surface area contributed by atoms with E-state index in [1.807, 2.05) is 61.5 Å². The number of aryl methyl sites for hydroxylation is 1. The third-order valence-corrected chi connectivity index (χ3v) is 4.37. The predicted molar refractivity (Wildman–Crippen MR) is 103 cm³/mol. The lowest BCUT2D eigenvalue weighted by atomic mass is 10.1. The van der Waals surface area contributed by atoms with Gasteiger partial charge in [0, 0.05) is 17.1 Å². The van der Waals surface area contributed by atoms with Gasteiger partial charge in [-0.25, -0.2) is 0 Å². The molecule has 7 heteroatoms. The van der Waals surface area contributed by atoms with Crippen LogP contribution in [-0.4, -0.2) is 31.1 Å². The standard InChI is InChI=1S/C20H18N6O/c1-13-8-10-15(11-9-13)19-23-25-26(24-19)14(2)20(27)22-18-7-3-6-17-16(18)5-4-12-21-17/h3-12,14H,1-2H3,(H,22,27). The first-order valence-corrected chi connectivity index (χ1v) is 8.63. The van der Waals surface area contributed by atoms with Crippen molar-refractivity contribution in [2.24, 2.45) is 0 Å². The second kappa shape index (κ2) is 6.95. The van der Waals surface area contributed by atoms with Gasteiger partial charge in [-0.15, -0.1) is 10.2 Å². The van der Waals surface area contributed by atoms with Crippen molar-refractivity contribution in [3.05, 3.63) is 66.4 Å². The summed E-state index contributed by atoms with van der Waals surface area (Å²) in [6.07, 6.45) is 1.72.